The van der Waals surface area contributed by atoms with E-state index in [9.17, 15) is 0 Å². The van der Waals surface area contributed by atoms with Gasteiger partial charge in [-0.15, -0.1) is 0 Å². The average molecular weight is 381 g/mol. The third-order valence-electron chi connectivity index (χ3n) is 6.64. The Hall–Kier alpha value is -1.65. The fourth-order valence-corrected chi connectivity index (χ4v) is 5.11. The minimum absolute atomic E-state index is 0.765. The first-order valence-electron chi connectivity index (χ1n) is 11.2. The Balaban J connectivity index is 1.39. The van der Waals surface area contributed by atoms with Crippen molar-refractivity contribution in [3.05, 3.63) is 41.6 Å². The Morgan fingerprint density at radius 2 is 1.79 bits per heavy atom. The summed E-state index contributed by atoms with van der Waals surface area (Å²) < 4.78 is 1.95. The lowest BCUT2D eigenvalue weighted by atomic mass is 9.84. The molecule has 0 bridgehead atoms. The largest absolute Gasteiger partial charge is 0.312 e. The number of nitrogens with one attached hydrogen (secondary N) is 1. The third kappa shape index (κ3) is 4.84. The molecule has 1 N–H and O–H groups in total. The minimum atomic E-state index is 0.765. The zero-order valence-corrected chi connectivity index (χ0v) is 17.7. The lowest BCUT2D eigenvalue weighted by Crippen LogP contribution is -2.37. The van der Waals surface area contributed by atoms with Crippen molar-refractivity contribution >= 4 is 0 Å². The second kappa shape index (κ2) is 9.23. The Bertz CT molecular complexity index is 742. The normalized spacial score (nSPS) is 21.9. The fourth-order valence-electron chi connectivity index (χ4n) is 5.11. The van der Waals surface area contributed by atoms with Crippen LogP contribution in [0.4, 0.5) is 0 Å². The molecule has 4 heteroatoms. The fraction of sp³-hybridized carbons (Fsp3) is 0.625. The zero-order chi connectivity index (χ0) is 19.3. The van der Waals surface area contributed by atoms with E-state index < -0.39 is 0 Å². The number of aryl methyl sites for hydroxylation is 1. The van der Waals surface area contributed by atoms with Crippen molar-refractivity contribution in [1.82, 2.24) is 20.0 Å². The maximum atomic E-state index is 4.77. The van der Waals surface area contributed by atoms with Gasteiger partial charge in [0.05, 0.1) is 5.69 Å². The first kappa shape index (κ1) is 19.7. The third-order valence-corrected chi connectivity index (χ3v) is 6.64. The van der Waals surface area contributed by atoms with Gasteiger partial charge in [0.15, 0.2) is 0 Å². The predicted molar refractivity (Wildman–Crippen MR) is 116 cm³/mol. The summed E-state index contributed by atoms with van der Waals surface area (Å²) in [5.41, 5.74) is 5.19. The molecule has 28 heavy (non-hydrogen) atoms. The smallest absolute Gasteiger partial charge is 0.0967 e. The van der Waals surface area contributed by atoms with Crippen LogP contribution in [-0.4, -0.2) is 41.4 Å². The van der Waals surface area contributed by atoms with Crippen molar-refractivity contribution < 1.29 is 0 Å². The van der Waals surface area contributed by atoms with Crippen LogP contribution in [0.25, 0.3) is 11.3 Å². The summed E-state index contributed by atoms with van der Waals surface area (Å²) in [5, 5.41) is 8.47. The molecule has 0 spiro atoms. The van der Waals surface area contributed by atoms with E-state index in [2.05, 4.69) is 47.7 Å². The summed E-state index contributed by atoms with van der Waals surface area (Å²) in [5.74, 6) is 1.54. The molecule has 4 nitrogen and oxygen atoms in total. The standard InChI is InChI=1S/C24H36N4/c1-27-14-6-7-19(17-27)15-25-16-23-18-28(2)26-24(23)22-12-10-21(11-13-22)20-8-4-3-5-9-20/h10-13,18-20,25H,3-9,14-17H2,1-2H3/t19-/m0/s1. The van der Waals surface area contributed by atoms with Crippen molar-refractivity contribution in [2.24, 2.45) is 13.0 Å². The monoisotopic (exact) mass is 380 g/mol. The highest BCUT2D eigenvalue weighted by Gasteiger charge is 2.18. The van der Waals surface area contributed by atoms with Gasteiger partial charge in [0.25, 0.3) is 0 Å². The van der Waals surface area contributed by atoms with Gasteiger partial charge in [-0.05, 0) is 63.2 Å². The molecular formula is C24H36N4. The molecule has 0 radical (unpaired) electrons. The van der Waals surface area contributed by atoms with E-state index in [0.29, 0.717) is 0 Å². The summed E-state index contributed by atoms with van der Waals surface area (Å²) in [6, 6.07) is 9.25. The average Bonchev–Trinajstić information content (AvgIpc) is 3.09. The molecule has 4 rings (SSSR count). The van der Waals surface area contributed by atoms with Crippen molar-refractivity contribution in [2.75, 3.05) is 26.7 Å². The molecule has 2 aliphatic rings. The number of rotatable bonds is 6. The number of hydrogen-bond acceptors (Lipinski definition) is 3. The highest BCUT2D eigenvalue weighted by Crippen LogP contribution is 2.33. The number of hydrogen-bond donors (Lipinski definition) is 1. The van der Waals surface area contributed by atoms with Crippen molar-refractivity contribution in [3.63, 3.8) is 0 Å². The first-order chi connectivity index (χ1) is 13.7. The van der Waals surface area contributed by atoms with Crippen LogP contribution >= 0.6 is 0 Å². The highest BCUT2D eigenvalue weighted by atomic mass is 15.3. The number of benzene rings is 1. The van der Waals surface area contributed by atoms with Gasteiger partial charge in [0.1, 0.15) is 0 Å². The van der Waals surface area contributed by atoms with E-state index in [0.717, 1.165) is 30.6 Å². The van der Waals surface area contributed by atoms with Crippen LogP contribution in [0.1, 0.15) is 62.0 Å². The summed E-state index contributed by atoms with van der Waals surface area (Å²) in [6.07, 6.45) is 11.7. The van der Waals surface area contributed by atoms with Crippen molar-refractivity contribution in [1.29, 1.82) is 0 Å². The topological polar surface area (TPSA) is 33.1 Å². The van der Waals surface area contributed by atoms with Crippen LogP contribution in [-0.2, 0) is 13.6 Å². The second-order valence-electron chi connectivity index (χ2n) is 9.03. The Morgan fingerprint density at radius 1 is 1.00 bits per heavy atom. The Kier molecular flexibility index (Phi) is 6.48. The van der Waals surface area contributed by atoms with Crippen LogP contribution in [0.5, 0.6) is 0 Å². The van der Waals surface area contributed by atoms with Gasteiger partial charge in [-0.2, -0.15) is 5.10 Å². The van der Waals surface area contributed by atoms with Crippen molar-refractivity contribution in [3.8, 4) is 11.3 Å². The molecule has 2 fully saturated rings. The quantitative estimate of drug-likeness (QED) is 0.797. The molecule has 1 aliphatic heterocycles. The molecule has 1 aliphatic carbocycles. The van der Waals surface area contributed by atoms with Gasteiger partial charge in [0, 0.05) is 37.5 Å². The van der Waals surface area contributed by atoms with Gasteiger partial charge in [-0.1, -0.05) is 43.5 Å². The molecule has 1 atom stereocenters. The van der Waals surface area contributed by atoms with Crippen LogP contribution in [0, 0.1) is 5.92 Å². The van der Waals surface area contributed by atoms with Gasteiger partial charge in [0.2, 0.25) is 0 Å². The van der Waals surface area contributed by atoms with E-state index in [-0.39, 0.29) is 0 Å². The molecule has 0 amide bonds. The first-order valence-corrected chi connectivity index (χ1v) is 11.2. The molecule has 2 aromatic rings. The van der Waals surface area contributed by atoms with Crippen LogP contribution in [0.15, 0.2) is 30.5 Å². The highest BCUT2D eigenvalue weighted by molar-refractivity contribution is 5.63. The van der Waals surface area contributed by atoms with Crippen LogP contribution in [0.2, 0.25) is 0 Å². The zero-order valence-electron chi connectivity index (χ0n) is 17.7. The molecular weight excluding hydrogens is 344 g/mol. The molecule has 1 aromatic heterocycles. The Morgan fingerprint density at radius 3 is 2.54 bits per heavy atom. The summed E-state index contributed by atoms with van der Waals surface area (Å²) in [4.78, 5) is 2.46. The van der Waals surface area contributed by atoms with Gasteiger partial charge >= 0.3 is 0 Å². The predicted octanol–water partition coefficient (Wildman–Crippen LogP) is 4.57. The SMILES string of the molecule is CN1CCC[C@@H](CNCc2cn(C)nc2-c2ccc(C3CCCCC3)cc2)C1. The number of likely N-dealkylation sites (tertiary alicyclic amines) is 1. The summed E-state index contributed by atoms with van der Waals surface area (Å²) in [7, 11) is 4.27. The number of nitrogens with zero attached hydrogens (tertiary/aromatic N) is 3. The summed E-state index contributed by atoms with van der Waals surface area (Å²) in [6.45, 7) is 4.46. The maximum absolute atomic E-state index is 4.77. The van der Waals surface area contributed by atoms with Crippen molar-refractivity contribution in [2.45, 2.75) is 57.4 Å². The molecule has 1 saturated heterocycles. The lowest BCUT2D eigenvalue weighted by molar-refractivity contribution is 0.206. The van der Waals surface area contributed by atoms with Crippen LogP contribution < -0.4 is 5.32 Å². The second-order valence-corrected chi connectivity index (χ2v) is 9.03. The van der Waals surface area contributed by atoms with E-state index in [4.69, 9.17) is 5.10 Å². The summed E-state index contributed by atoms with van der Waals surface area (Å²) >= 11 is 0. The van der Waals surface area contributed by atoms with E-state index >= 15 is 0 Å². The number of aromatic nitrogens is 2. The minimum Gasteiger partial charge on any atom is -0.312 e. The molecule has 2 heterocycles. The van der Waals surface area contributed by atoms with Gasteiger partial charge in [-0.25, -0.2) is 0 Å². The molecule has 1 aromatic carbocycles. The molecule has 0 unspecified atom stereocenters. The molecule has 152 valence electrons. The van der Waals surface area contributed by atoms with Gasteiger partial charge < -0.3 is 10.2 Å². The van der Waals surface area contributed by atoms with E-state index in [1.54, 1.807) is 0 Å². The Labute approximate surface area is 170 Å². The van der Waals surface area contributed by atoms with E-state index in [1.807, 2.05) is 11.7 Å². The van der Waals surface area contributed by atoms with Crippen LogP contribution in [0.3, 0.4) is 0 Å². The molecule has 1 saturated carbocycles. The van der Waals surface area contributed by atoms with E-state index in [1.165, 1.54) is 74.7 Å². The lowest BCUT2D eigenvalue weighted by Gasteiger charge is -2.29. The van der Waals surface area contributed by atoms with Gasteiger partial charge in [-0.3, -0.25) is 4.68 Å². The maximum Gasteiger partial charge on any atom is 0.0967 e. The number of piperidine rings is 1.